The zero-order chi connectivity index (χ0) is 17.1. The largest absolute Gasteiger partial charge is 0.342 e. The number of hydrogen-bond donors (Lipinski definition) is 0. The number of benzene rings is 1. The van der Waals surface area contributed by atoms with E-state index in [9.17, 15) is 4.79 Å². The topological polar surface area (TPSA) is 46.1 Å². The predicted octanol–water partition coefficient (Wildman–Crippen LogP) is 4.10. The third-order valence-electron chi connectivity index (χ3n) is 4.44. The zero-order valence-corrected chi connectivity index (χ0v) is 15.5. The first-order valence-electron chi connectivity index (χ1n) is 8.72. The van der Waals surface area contributed by atoms with Crippen LogP contribution >= 0.6 is 11.8 Å². The lowest BCUT2D eigenvalue weighted by atomic mass is 10.0. The van der Waals surface area contributed by atoms with Crippen molar-refractivity contribution >= 4 is 28.6 Å². The number of hydrogen-bond acceptors (Lipinski definition) is 4. The monoisotopic (exact) mass is 343 g/mol. The van der Waals surface area contributed by atoms with Gasteiger partial charge in [-0.1, -0.05) is 50.7 Å². The van der Waals surface area contributed by atoms with Crippen LogP contribution in [0.1, 0.15) is 45.4 Å². The molecule has 4 nitrogen and oxygen atoms in total. The third-order valence-corrected chi connectivity index (χ3v) is 5.42. The second-order valence-electron chi connectivity index (χ2n) is 6.93. The number of likely N-dealkylation sites (tertiary alicyclic amines) is 1. The summed E-state index contributed by atoms with van der Waals surface area (Å²) < 4.78 is 0. The number of thioether (sulfide) groups is 1. The lowest BCUT2D eigenvalue weighted by Gasteiger charge is -2.30. The Bertz CT molecular complexity index is 732. The average molecular weight is 343 g/mol. The quantitative estimate of drug-likeness (QED) is 0.619. The molecule has 1 aromatic carbocycles. The molecule has 3 rings (SSSR count). The minimum atomic E-state index is 0.223. The Morgan fingerprint density at radius 2 is 2.12 bits per heavy atom. The van der Waals surface area contributed by atoms with Crippen molar-refractivity contribution in [3.63, 3.8) is 0 Å². The van der Waals surface area contributed by atoms with Gasteiger partial charge in [-0.05, 0) is 24.8 Å². The molecule has 1 atom stereocenters. The first-order chi connectivity index (χ1) is 11.5. The van der Waals surface area contributed by atoms with Crippen LogP contribution in [0.15, 0.2) is 29.3 Å². The van der Waals surface area contributed by atoms with E-state index in [0.717, 1.165) is 41.3 Å². The Morgan fingerprint density at radius 3 is 2.88 bits per heavy atom. The summed E-state index contributed by atoms with van der Waals surface area (Å²) >= 11 is 1.54. The SMILES string of the molecule is CC(C)c1nc(SCC(=O)N2CCC[C@@H](C)C2)c2ccccc2n1. The van der Waals surface area contributed by atoms with Gasteiger partial charge in [0, 0.05) is 24.4 Å². The van der Waals surface area contributed by atoms with E-state index < -0.39 is 0 Å². The highest BCUT2D eigenvalue weighted by molar-refractivity contribution is 8.00. The zero-order valence-electron chi connectivity index (χ0n) is 14.7. The molecule has 1 aliphatic rings. The highest BCUT2D eigenvalue weighted by atomic mass is 32.2. The molecule has 0 aliphatic carbocycles. The molecular formula is C19H25N3OS. The fraction of sp³-hybridized carbons (Fsp3) is 0.526. The standard InChI is InChI=1S/C19H25N3OS/c1-13(2)18-20-16-9-5-4-8-15(16)19(21-18)24-12-17(23)22-10-6-7-14(3)11-22/h4-5,8-9,13-14H,6-7,10-12H2,1-3H3/t14-/m1/s1. The molecule has 0 N–H and O–H groups in total. The summed E-state index contributed by atoms with van der Waals surface area (Å²) in [6, 6.07) is 8.05. The molecule has 0 unspecified atom stereocenters. The molecule has 1 amide bonds. The smallest absolute Gasteiger partial charge is 0.232 e. The number of amides is 1. The van der Waals surface area contributed by atoms with Crippen molar-refractivity contribution in [2.75, 3.05) is 18.8 Å². The molecular weight excluding hydrogens is 318 g/mol. The lowest BCUT2D eigenvalue weighted by Crippen LogP contribution is -2.40. The molecule has 1 aromatic heterocycles. The van der Waals surface area contributed by atoms with Gasteiger partial charge in [0.25, 0.3) is 0 Å². The summed E-state index contributed by atoms with van der Waals surface area (Å²) in [5.74, 6) is 2.40. The molecule has 24 heavy (non-hydrogen) atoms. The molecule has 0 saturated carbocycles. The van der Waals surface area contributed by atoms with Crippen LogP contribution in [0.25, 0.3) is 10.9 Å². The Hall–Kier alpha value is -1.62. The Morgan fingerprint density at radius 1 is 1.33 bits per heavy atom. The normalized spacial score (nSPS) is 18.3. The van der Waals surface area contributed by atoms with Gasteiger partial charge in [-0.25, -0.2) is 9.97 Å². The highest BCUT2D eigenvalue weighted by Gasteiger charge is 2.21. The van der Waals surface area contributed by atoms with E-state index in [1.165, 1.54) is 6.42 Å². The van der Waals surface area contributed by atoms with E-state index in [1.54, 1.807) is 11.8 Å². The molecule has 0 radical (unpaired) electrons. The molecule has 2 heterocycles. The van der Waals surface area contributed by atoms with Crippen LogP contribution in [-0.4, -0.2) is 39.6 Å². The fourth-order valence-electron chi connectivity index (χ4n) is 3.07. The second-order valence-corrected chi connectivity index (χ2v) is 7.90. The van der Waals surface area contributed by atoms with Gasteiger partial charge in [-0.2, -0.15) is 0 Å². The maximum atomic E-state index is 12.5. The number of fused-ring (bicyclic) bond motifs is 1. The van der Waals surface area contributed by atoms with Crippen molar-refractivity contribution in [2.45, 2.75) is 44.6 Å². The summed E-state index contributed by atoms with van der Waals surface area (Å²) in [5, 5.41) is 1.95. The first-order valence-corrected chi connectivity index (χ1v) is 9.70. The van der Waals surface area contributed by atoms with E-state index in [-0.39, 0.29) is 11.8 Å². The van der Waals surface area contributed by atoms with Crippen LogP contribution in [0.5, 0.6) is 0 Å². The predicted molar refractivity (Wildman–Crippen MR) is 99.3 cm³/mol. The molecule has 1 aliphatic heterocycles. The van der Waals surface area contributed by atoms with Gasteiger partial charge in [0.05, 0.1) is 11.3 Å². The minimum absolute atomic E-state index is 0.223. The molecule has 1 fully saturated rings. The summed E-state index contributed by atoms with van der Waals surface area (Å²) in [6.07, 6.45) is 2.34. The van der Waals surface area contributed by atoms with Crippen molar-refractivity contribution in [2.24, 2.45) is 5.92 Å². The second kappa shape index (κ2) is 7.51. The molecule has 5 heteroatoms. The number of carbonyl (C=O) groups is 1. The first kappa shape index (κ1) is 17.2. The number of nitrogens with zero attached hydrogens (tertiary/aromatic N) is 3. The van der Waals surface area contributed by atoms with Crippen LogP contribution in [0.2, 0.25) is 0 Å². The summed E-state index contributed by atoms with van der Waals surface area (Å²) in [4.78, 5) is 23.9. The molecule has 0 bridgehead atoms. The van der Waals surface area contributed by atoms with Crippen molar-refractivity contribution < 1.29 is 4.79 Å². The van der Waals surface area contributed by atoms with E-state index >= 15 is 0 Å². The maximum absolute atomic E-state index is 12.5. The van der Waals surface area contributed by atoms with E-state index in [1.807, 2.05) is 29.2 Å². The van der Waals surface area contributed by atoms with Crippen molar-refractivity contribution in [3.8, 4) is 0 Å². The Kier molecular flexibility index (Phi) is 5.39. The van der Waals surface area contributed by atoms with Gasteiger partial charge < -0.3 is 4.90 Å². The average Bonchev–Trinajstić information content (AvgIpc) is 2.59. The molecule has 0 spiro atoms. The molecule has 128 valence electrons. The van der Waals surface area contributed by atoms with Gasteiger partial charge in [0.1, 0.15) is 10.9 Å². The van der Waals surface area contributed by atoms with Gasteiger partial charge in [-0.15, -0.1) is 0 Å². The molecule has 2 aromatic rings. The van der Waals surface area contributed by atoms with Crippen LogP contribution < -0.4 is 0 Å². The minimum Gasteiger partial charge on any atom is -0.342 e. The van der Waals surface area contributed by atoms with Gasteiger partial charge in [0.2, 0.25) is 5.91 Å². The number of piperidine rings is 1. The summed E-state index contributed by atoms with van der Waals surface area (Å²) in [5.41, 5.74) is 0.956. The lowest BCUT2D eigenvalue weighted by molar-refractivity contribution is -0.130. The van der Waals surface area contributed by atoms with Gasteiger partial charge in [-0.3, -0.25) is 4.79 Å². The summed E-state index contributed by atoms with van der Waals surface area (Å²) in [6.45, 7) is 8.20. The van der Waals surface area contributed by atoms with Crippen molar-refractivity contribution in [1.29, 1.82) is 0 Å². The van der Waals surface area contributed by atoms with Crippen LogP contribution in [0.4, 0.5) is 0 Å². The number of carbonyl (C=O) groups excluding carboxylic acids is 1. The number of para-hydroxylation sites is 1. The van der Waals surface area contributed by atoms with E-state index in [2.05, 4.69) is 25.8 Å². The van der Waals surface area contributed by atoms with E-state index in [4.69, 9.17) is 4.98 Å². The van der Waals surface area contributed by atoms with Crippen molar-refractivity contribution in [1.82, 2.24) is 14.9 Å². The van der Waals surface area contributed by atoms with Crippen LogP contribution in [0.3, 0.4) is 0 Å². The van der Waals surface area contributed by atoms with Crippen molar-refractivity contribution in [3.05, 3.63) is 30.1 Å². The number of aromatic nitrogens is 2. The van der Waals surface area contributed by atoms with Gasteiger partial charge in [0.15, 0.2) is 0 Å². The summed E-state index contributed by atoms with van der Waals surface area (Å²) in [7, 11) is 0. The Balaban J connectivity index is 1.78. The van der Waals surface area contributed by atoms with Crippen LogP contribution in [0, 0.1) is 5.92 Å². The highest BCUT2D eigenvalue weighted by Crippen LogP contribution is 2.27. The Labute approximate surface area is 148 Å². The van der Waals surface area contributed by atoms with E-state index in [0.29, 0.717) is 11.7 Å². The number of rotatable bonds is 4. The molecule has 1 saturated heterocycles. The van der Waals surface area contributed by atoms with Crippen LogP contribution in [-0.2, 0) is 4.79 Å². The fourth-order valence-corrected chi connectivity index (χ4v) is 4.00. The third kappa shape index (κ3) is 3.89. The van der Waals surface area contributed by atoms with Gasteiger partial charge >= 0.3 is 0 Å². The maximum Gasteiger partial charge on any atom is 0.232 e.